The van der Waals surface area contributed by atoms with E-state index in [0.29, 0.717) is 28.3 Å². The topological polar surface area (TPSA) is 109 Å². The second-order valence-corrected chi connectivity index (χ2v) is 6.34. The minimum Gasteiger partial charge on any atom is -0.468 e. The molecule has 4 aromatic heterocycles. The average molecular weight is 403 g/mol. The summed E-state index contributed by atoms with van der Waals surface area (Å²) in [4.78, 5) is 12.3. The van der Waals surface area contributed by atoms with Gasteiger partial charge in [0.1, 0.15) is 30.6 Å². The fourth-order valence-corrected chi connectivity index (χ4v) is 3.07. The molecular formula is C19H14FN9O. The minimum absolute atomic E-state index is 0.136. The molecule has 0 aliphatic carbocycles. The number of nitrogens with zero attached hydrogens (tertiary/aromatic N) is 9. The van der Waals surface area contributed by atoms with E-state index in [4.69, 9.17) is 4.74 Å². The molecule has 1 aromatic carbocycles. The summed E-state index contributed by atoms with van der Waals surface area (Å²) in [5.74, 6) is 0.728. The molecule has 0 saturated carbocycles. The highest BCUT2D eigenvalue weighted by atomic mass is 19.1. The van der Waals surface area contributed by atoms with E-state index in [2.05, 4.69) is 35.3 Å². The largest absolute Gasteiger partial charge is 0.468 e. The molecular weight excluding hydrogens is 389 g/mol. The maximum atomic E-state index is 14.4. The Balaban J connectivity index is 1.69. The third kappa shape index (κ3) is 3.02. The van der Waals surface area contributed by atoms with Gasteiger partial charge in [0.2, 0.25) is 5.88 Å². The lowest BCUT2D eigenvalue weighted by molar-refractivity contribution is 0.278. The zero-order chi connectivity index (χ0) is 20.5. The Morgan fingerprint density at radius 2 is 1.90 bits per heavy atom. The first-order valence-corrected chi connectivity index (χ1v) is 8.92. The van der Waals surface area contributed by atoms with E-state index in [1.54, 1.807) is 42.3 Å². The molecule has 0 spiro atoms. The van der Waals surface area contributed by atoms with E-state index in [0.717, 1.165) is 0 Å². The lowest BCUT2D eigenvalue weighted by Gasteiger charge is -2.05. The summed E-state index contributed by atoms with van der Waals surface area (Å²) in [5, 5.41) is 16.7. The van der Waals surface area contributed by atoms with Gasteiger partial charge in [-0.1, -0.05) is 12.1 Å². The van der Waals surface area contributed by atoms with Crippen molar-refractivity contribution in [1.82, 2.24) is 44.5 Å². The van der Waals surface area contributed by atoms with E-state index in [1.165, 1.54) is 29.4 Å². The van der Waals surface area contributed by atoms with Gasteiger partial charge in [-0.2, -0.15) is 10.2 Å². The van der Waals surface area contributed by atoms with Gasteiger partial charge >= 0.3 is 0 Å². The van der Waals surface area contributed by atoms with Crippen LogP contribution in [0.3, 0.4) is 0 Å². The average Bonchev–Trinajstić information content (AvgIpc) is 3.36. The Hall–Kier alpha value is -4.28. The number of aromatic nitrogens is 9. The predicted molar refractivity (Wildman–Crippen MR) is 103 cm³/mol. The molecule has 0 N–H and O–H groups in total. The molecule has 0 saturated heterocycles. The smallest absolute Gasteiger partial charge is 0.242 e. The van der Waals surface area contributed by atoms with Crippen molar-refractivity contribution in [1.29, 1.82) is 0 Å². The number of ether oxygens (including phenoxy) is 1. The van der Waals surface area contributed by atoms with E-state index < -0.39 is 5.82 Å². The molecule has 0 atom stereocenters. The Kier molecular flexibility index (Phi) is 4.32. The molecule has 0 radical (unpaired) electrons. The minimum atomic E-state index is -0.430. The predicted octanol–water partition coefficient (Wildman–Crippen LogP) is 2.09. The van der Waals surface area contributed by atoms with Crippen LogP contribution in [0, 0.1) is 5.82 Å². The van der Waals surface area contributed by atoms with Crippen LogP contribution in [-0.2, 0) is 13.7 Å². The third-order valence-electron chi connectivity index (χ3n) is 4.53. The highest BCUT2D eigenvalue weighted by Gasteiger charge is 2.21. The first-order valence-electron chi connectivity index (χ1n) is 8.92. The number of benzene rings is 1. The van der Waals surface area contributed by atoms with Crippen LogP contribution in [0.25, 0.3) is 28.0 Å². The summed E-state index contributed by atoms with van der Waals surface area (Å²) in [7, 11) is 1.77. The molecule has 11 heteroatoms. The molecule has 10 nitrogen and oxygen atoms in total. The van der Waals surface area contributed by atoms with Crippen molar-refractivity contribution >= 4 is 5.52 Å². The fourth-order valence-electron chi connectivity index (χ4n) is 3.07. The van der Waals surface area contributed by atoms with Gasteiger partial charge in [0.15, 0.2) is 11.6 Å². The SMILES string of the molecule is Cn1ncnc1COc1nn2c(-c3ccccc3F)nncc2c1-c1cncnc1. The highest BCUT2D eigenvalue weighted by Crippen LogP contribution is 2.35. The second-order valence-electron chi connectivity index (χ2n) is 6.34. The van der Waals surface area contributed by atoms with Gasteiger partial charge in [-0.3, -0.25) is 4.68 Å². The van der Waals surface area contributed by atoms with Crippen LogP contribution in [0.1, 0.15) is 5.82 Å². The van der Waals surface area contributed by atoms with Crippen molar-refractivity contribution in [3.63, 3.8) is 0 Å². The van der Waals surface area contributed by atoms with Crippen LogP contribution >= 0.6 is 0 Å². The van der Waals surface area contributed by atoms with Crippen LogP contribution in [0.15, 0.2) is 55.5 Å². The number of fused-ring (bicyclic) bond motifs is 1. The highest BCUT2D eigenvalue weighted by molar-refractivity contribution is 5.84. The number of hydrogen-bond acceptors (Lipinski definition) is 8. The maximum absolute atomic E-state index is 14.4. The van der Waals surface area contributed by atoms with Gasteiger partial charge in [0, 0.05) is 25.0 Å². The molecule has 0 bridgehead atoms. The quantitative estimate of drug-likeness (QED) is 0.439. The van der Waals surface area contributed by atoms with Crippen molar-refractivity contribution in [2.45, 2.75) is 6.61 Å². The Bertz CT molecular complexity index is 1330. The van der Waals surface area contributed by atoms with Crippen LogP contribution in [-0.4, -0.2) is 44.5 Å². The summed E-state index contributed by atoms with van der Waals surface area (Å²) in [6.07, 6.45) is 7.69. The molecule has 5 rings (SSSR count). The number of hydrogen-bond donors (Lipinski definition) is 0. The van der Waals surface area contributed by atoms with Crippen LogP contribution in [0.2, 0.25) is 0 Å². The van der Waals surface area contributed by atoms with Crippen molar-refractivity contribution in [2.24, 2.45) is 7.05 Å². The molecule has 30 heavy (non-hydrogen) atoms. The molecule has 148 valence electrons. The fraction of sp³-hybridized carbons (Fsp3) is 0.105. The van der Waals surface area contributed by atoms with Crippen LogP contribution < -0.4 is 4.74 Å². The van der Waals surface area contributed by atoms with Crippen molar-refractivity contribution in [2.75, 3.05) is 0 Å². The van der Waals surface area contributed by atoms with Crippen molar-refractivity contribution in [3.05, 3.63) is 67.2 Å². The van der Waals surface area contributed by atoms with Gasteiger partial charge in [-0.25, -0.2) is 23.9 Å². The summed E-state index contributed by atoms with van der Waals surface area (Å²) in [6.45, 7) is 0.136. The number of aryl methyl sites for hydroxylation is 1. The van der Waals surface area contributed by atoms with Gasteiger partial charge in [0.05, 0.1) is 17.3 Å². The van der Waals surface area contributed by atoms with Crippen molar-refractivity contribution in [3.8, 4) is 28.4 Å². The number of rotatable bonds is 5. The summed E-state index contributed by atoms with van der Waals surface area (Å²) >= 11 is 0. The lowest BCUT2D eigenvalue weighted by atomic mass is 10.1. The summed E-state index contributed by atoms with van der Waals surface area (Å²) < 4.78 is 23.5. The molecule has 0 fully saturated rings. The second kappa shape index (κ2) is 7.28. The molecule has 0 unspecified atom stereocenters. The first-order chi connectivity index (χ1) is 14.7. The van der Waals surface area contributed by atoms with Crippen LogP contribution in [0.5, 0.6) is 5.88 Å². The first kappa shape index (κ1) is 17.8. The monoisotopic (exact) mass is 403 g/mol. The third-order valence-corrected chi connectivity index (χ3v) is 4.53. The summed E-state index contributed by atoms with van der Waals surface area (Å²) in [6, 6.07) is 6.31. The maximum Gasteiger partial charge on any atom is 0.242 e. The molecule has 0 aliphatic heterocycles. The zero-order valence-electron chi connectivity index (χ0n) is 15.7. The lowest BCUT2D eigenvalue weighted by Crippen LogP contribution is -2.05. The Morgan fingerprint density at radius 1 is 1.07 bits per heavy atom. The van der Waals surface area contributed by atoms with E-state index in [1.807, 2.05) is 0 Å². The van der Waals surface area contributed by atoms with Gasteiger partial charge in [-0.05, 0) is 12.1 Å². The van der Waals surface area contributed by atoms with Gasteiger partial charge in [0.25, 0.3) is 0 Å². The Labute approximate surface area is 169 Å². The van der Waals surface area contributed by atoms with E-state index in [-0.39, 0.29) is 18.0 Å². The molecule has 0 aliphatic rings. The Morgan fingerprint density at radius 3 is 2.67 bits per heavy atom. The number of halogens is 1. The van der Waals surface area contributed by atoms with Gasteiger partial charge < -0.3 is 4.74 Å². The normalized spacial score (nSPS) is 11.1. The van der Waals surface area contributed by atoms with Crippen LogP contribution in [0.4, 0.5) is 4.39 Å². The standard InChI is InChI=1S/C19H14FN9O/c1-28-16(23-11-25-28)9-30-19-17(12-6-21-10-22-7-12)15-8-24-26-18(29(15)27-19)13-4-2-3-5-14(13)20/h2-8,10-11H,9H2,1H3. The molecule has 4 heterocycles. The van der Waals surface area contributed by atoms with E-state index >= 15 is 0 Å². The molecule has 5 aromatic rings. The van der Waals surface area contributed by atoms with Gasteiger partial charge in [-0.15, -0.1) is 10.2 Å². The zero-order valence-corrected chi connectivity index (χ0v) is 15.7. The van der Waals surface area contributed by atoms with Crippen molar-refractivity contribution < 1.29 is 9.13 Å². The molecule has 0 amide bonds. The van der Waals surface area contributed by atoms with E-state index in [9.17, 15) is 4.39 Å². The summed E-state index contributed by atoms with van der Waals surface area (Å²) in [5.41, 5.74) is 2.14.